The molecule has 4 N–H and O–H groups in total. The van der Waals surface area contributed by atoms with Gasteiger partial charge in [-0.05, 0) is 85.3 Å². The van der Waals surface area contributed by atoms with E-state index in [0.29, 0.717) is 41.4 Å². The number of ether oxygens (including phenoxy) is 1. The summed E-state index contributed by atoms with van der Waals surface area (Å²) in [5.74, 6) is -2.63. The van der Waals surface area contributed by atoms with E-state index < -0.39 is 45.9 Å². The van der Waals surface area contributed by atoms with Crippen molar-refractivity contribution in [3.63, 3.8) is 0 Å². The molecular weight excluding hydrogens is 643 g/mol. The van der Waals surface area contributed by atoms with Gasteiger partial charge < -0.3 is 20.9 Å². The summed E-state index contributed by atoms with van der Waals surface area (Å²) in [5, 5.41) is 19.9. The van der Waals surface area contributed by atoms with Crippen LogP contribution < -0.4 is 15.8 Å². The Kier molecular flexibility index (Phi) is 7.71. The van der Waals surface area contributed by atoms with Gasteiger partial charge in [0.2, 0.25) is 0 Å². The fourth-order valence-corrected chi connectivity index (χ4v) is 6.28. The number of aromatic nitrogens is 3. The number of rotatable bonds is 10. The highest BCUT2D eigenvalue weighted by Gasteiger charge is 2.47. The minimum Gasteiger partial charge on any atom is -0.494 e. The molecule has 2 saturated carbocycles. The zero-order valence-electron chi connectivity index (χ0n) is 25.9. The number of allylic oxidation sites excluding steroid dienone is 1. The number of hydrogen-bond acceptors (Lipinski definition) is 6. The Morgan fingerprint density at radius 2 is 1.88 bits per heavy atom. The van der Waals surface area contributed by atoms with Crippen LogP contribution in [-0.4, -0.2) is 39.4 Å². The normalized spacial score (nSPS) is 16.4. The molecule has 1 atom stereocenters. The number of halogens is 4. The van der Waals surface area contributed by atoms with Gasteiger partial charge in [-0.3, -0.25) is 9.48 Å². The second kappa shape index (κ2) is 11.7. The predicted molar refractivity (Wildman–Crippen MR) is 175 cm³/mol. The zero-order chi connectivity index (χ0) is 34.0. The highest BCUT2D eigenvalue weighted by atomic mass is 35.5. The molecule has 0 bridgehead atoms. The number of fused-ring (bicyclic) bond motifs is 1. The number of benzene rings is 3. The van der Waals surface area contributed by atoms with Gasteiger partial charge >= 0.3 is 0 Å². The van der Waals surface area contributed by atoms with Gasteiger partial charge in [0.1, 0.15) is 33.5 Å². The fraction of sp³-hybridized carbons (Fsp3) is 0.250. The molecule has 0 spiro atoms. The Balaban J connectivity index is 1.32. The third kappa shape index (κ3) is 5.46. The average molecular weight is 674 g/mol. The summed E-state index contributed by atoms with van der Waals surface area (Å²) in [6.07, 6.45) is 5.22. The summed E-state index contributed by atoms with van der Waals surface area (Å²) >= 11 is 5.93. The largest absolute Gasteiger partial charge is 0.494 e. The van der Waals surface area contributed by atoms with Crippen molar-refractivity contribution in [2.45, 2.75) is 42.7 Å². The van der Waals surface area contributed by atoms with E-state index in [9.17, 15) is 18.7 Å². The summed E-state index contributed by atoms with van der Waals surface area (Å²) in [5.41, 5.74) is 5.48. The van der Waals surface area contributed by atoms with Crippen LogP contribution in [0.2, 0.25) is 5.02 Å². The number of carbonyl (C=O) groups is 1. The Bertz CT molecular complexity index is 2110. The smallest absolute Gasteiger partial charge is 0.251 e. The van der Waals surface area contributed by atoms with Gasteiger partial charge in [-0.25, -0.2) is 18.2 Å². The topological polar surface area (TPSA) is 115 Å². The Hall–Kier alpha value is -4.87. The zero-order valence-corrected chi connectivity index (χ0v) is 26.6. The van der Waals surface area contributed by atoms with Gasteiger partial charge in [0.15, 0.2) is 5.82 Å². The van der Waals surface area contributed by atoms with E-state index in [1.807, 2.05) is 10.9 Å². The van der Waals surface area contributed by atoms with Crippen LogP contribution in [0.5, 0.6) is 5.75 Å². The van der Waals surface area contributed by atoms with Crippen LogP contribution in [0.15, 0.2) is 79.1 Å². The Labute approximate surface area is 279 Å². The lowest BCUT2D eigenvalue weighted by atomic mass is 9.85. The first-order valence-electron chi connectivity index (χ1n) is 15.4. The standard InChI is InChI=1S/C36H31ClF3N5O3/c1-19(41)35(11-12-35)23-15-28(26-9-10-27(39)31(37)32(26)40)43-30(16-23)36(47,22-3-5-24(38)6-4-22)18-42-34(46)20-13-21-17-45(25-7-8-25)44-33(21)29(14-20)48-2/h3-6,9-10,13-17,25,47H,1,7-8,11-12,18,41H2,2H3,(H,42,46)/t36-/m1/s1. The van der Waals surface area contributed by atoms with Crippen LogP contribution in [0, 0.1) is 17.5 Å². The molecular formula is C36H31ClF3N5O3. The highest BCUT2D eigenvalue weighted by Crippen LogP contribution is 2.53. The number of nitrogens with two attached hydrogens (primary N) is 1. The molecule has 12 heteroatoms. The number of nitrogens with one attached hydrogen (secondary N) is 1. The third-order valence-corrected chi connectivity index (χ3v) is 9.64. The van der Waals surface area contributed by atoms with Gasteiger partial charge in [0.25, 0.3) is 5.91 Å². The van der Waals surface area contributed by atoms with Crippen LogP contribution in [-0.2, 0) is 11.0 Å². The summed E-state index contributed by atoms with van der Waals surface area (Å²) in [7, 11) is 1.50. The minimum absolute atomic E-state index is 0.00743. The lowest BCUT2D eigenvalue weighted by molar-refractivity contribution is 0.0666. The van der Waals surface area contributed by atoms with Gasteiger partial charge in [-0.2, -0.15) is 5.10 Å². The fourth-order valence-electron chi connectivity index (χ4n) is 6.11. The number of amides is 1. The molecule has 0 aliphatic heterocycles. The molecule has 7 rings (SSSR count). The third-order valence-electron chi connectivity index (χ3n) is 9.30. The molecule has 0 saturated heterocycles. The summed E-state index contributed by atoms with van der Waals surface area (Å²) in [6.45, 7) is 3.53. The molecule has 246 valence electrons. The molecule has 2 heterocycles. The van der Waals surface area contributed by atoms with Crippen molar-refractivity contribution >= 4 is 28.4 Å². The number of pyridine rings is 1. The van der Waals surface area contributed by atoms with Gasteiger partial charge in [-0.15, -0.1) is 0 Å². The van der Waals surface area contributed by atoms with Crippen molar-refractivity contribution in [2.75, 3.05) is 13.7 Å². The highest BCUT2D eigenvalue weighted by molar-refractivity contribution is 6.31. The minimum atomic E-state index is -2.06. The van der Waals surface area contributed by atoms with E-state index in [-0.39, 0.29) is 28.1 Å². The second-order valence-corrected chi connectivity index (χ2v) is 12.8. The Morgan fingerprint density at radius 3 is 2.52 bits per heavy atom. The number of aliphatic hydroxyl groups is 1. The maximum absolute atomic E-state index is 15.4. The lowest BCUT2D eigenvalue weighted by Crippen LogP contribution is -2.42. The maximum atomic E-state index is 15.4. The van der Waals surface area contributed by atoms with E-state index in [0.717, 1.165) is 24.3 Å². The van der Waals surface area contributed by atoms with Crippen molar-refractivity contribution in [1.82, 2.24) is 20.1 Å². The van der Waals surface area contributed by atoms with Crippen LogP contribution in [0.4, 0.5) is 13.2 Å². The van der Waals surface area contributed by atoms with Gasteiger partial charge in [0.05, 0.1) is 31.1 Å². The summed E-state index contributed by atoms with van der Waals surface area (Å²) in [6, 6.07) is 14.1. The predicted octanol–water partition coefficient (Wildman–Crippen LogP) is 6.68. The molecule has 8 nitrogen and oxygen atoms in total. The van der Waals surface area contributed by atoms with E-state index in [1.54, 1.807) is 24.3 Å². The summed E-state index contributed by atoms with van der Waals surface area (Å²) in [4.78, 5) is 18.3. The molecule has 1 amide bonds. The molecule has 5 aromatic rings. The van der Waals surface area contributed by atoms with Crippen LogP contribution in [0.3, 0.4) is 0 Å². The van der Waals surface area contributed by atoms with E-state index in [4.69, 9.17) is 22.1 Å². The first-order valence-corrected chi connectivity index (χ1v) is 15.8. The van der Waals surface area contributed by atoms with Crippen LogP contribution >= 0.6 is 11.6 Å². The molecule has 0 radical (unpaired) electrons. The molecule has 3 aromatic carbocycles. The second-order valence-electron chi connectivity index (χ2n) is 12.5. The van der Waals surface area contributed by atoms with Gasteiger partial charge in [0, 0.05) is 33.8 Å². The van der Waals surface area contributed by atoms with E-state index >= 15 is 4.39 Å². The quantitative estimate of drug-likeness (QED) is 0.143. The molecule has 48 heavy (non-hydrogen) atoms. The lowest BCUT2D eigenvalue weighted by Gasteiger charge is -2.30. The van der Waals surface area contributed by atoms with Crippen molar-refractivity contribution < 1.29 is 27.8 Å². The first-order chi connectivity index (χ1) is 22.9. The van der Waals surface area contributed by atoms with E-state index in [2.05, 4.69) is 22.0 Å². The molecule has 2 aromatic heterocycles. The molecule has 0 unspecified atom stereocenters. The number of methoxy groups -OCH3 is 1. The SMILES string of the molecule is C=C(N)C1(c2cc(-c3ccc(F)c(Cl)c3F)nc([C@@](O)(CNC(=O)c3cc(OC)c4nn(C5CC5)cc4c3)c3ccc(F)cc3)c2)CC1. The van der Waals surface area contributed by atoms with Crippen LogP contribution in [0.1, 0.15) is 58.9 Å². The monoisotopic (exact) mass is 673 g/mol. The average Bonchev–Trinajstić information content (AvgIpc) is 4.02. The molecule has 2 fully saturated rings. The maximum Gasteiger partial charge on any atom is 0.251 e. The van der Waals surface area contributed by atoms with Crippen molar-refractivity contribution in [1.29, 1.82) is 0 Å². The number of hydrogen-bond donors (Lipinski definition) is 3. The first kappa shape index (κ1) is 31.7. The van der Waals surface area contributed by atoms with Crippen LogP contribution in [0.25, 0.3) is 22.2 Å². The number of nitrogens with zero attached hydrogens (tertiary/aromatic N) is 3. The molecule has 2 aliphatic rings. The van der Waals surface area contributed by atoms with Crippen molar-refractivity contribution in [3.8, 4) is 17.0 Å². The summed E-state index contributed by atoms with van der Waals surface area (Å²) < 4.78 is 51.0. The Morgan fingerprint density at radius 1 is 1.15 bits per heavy atom. The van der Waals surface area contributed by atoms with Crippen molar-refractivity contribution in [3.05, 3.63) is 124 Å². The van der Waals surface area contributed by atoms with Gasteiger partial charge in [-0.1, -0.05) is 30.3 Å². The van der Waals surface area contributed by atoms with E-state index in [1.165, 1.54) is 37.4 Å². The molecule has 2 aliphatic carbocycles. The van der Waals surface area contributed by atoms with Crippen molar-refractivity contribution in [2.24, 2.45) is 5.73 Å². The number of carbonyl (C=O) groups excluding carboxylic acids is 1.